The predicted molar refractivity (Wildman–Crippen MR) is 97.0 cm³/mol. The molecule has 0 atom stereocenters. The molecule has 6 heteroatoms. The van der Waals surface area contributed by atoms with Gasteiger partial charge in [0.2, 0.25) is 5.91 Å². The number of rotatable bonds is 5. The average molecular weight is 342 g/mol. The summed E-state index contributed by atoms with van der Waals surface area (Å²) in [5, 5.41) is 7.01. The van der Waals surface area contributed by atoms with E-state index in [-0.39, 0.29) is 12.5 Å². The summed E-state index contributed by atoms with van der Waals surface area (Å²) in [6.07, 6.45) is 4.83. The molecule has 0 fully saturated rings. The monoisotopic (exact) mass is 342 g/mol. The van der Waals surface area contributed by atoms with Crippen molar-refractivity contribution in [1.82, 2.24) is 19.7 Å². The molecule has 24 heavy (non-hydrogen) atoms. The highest BCUT2D eigenvalue weighted by molar-refractivity contribution is 7.71. The number of carbonyl (C=O) groups excluding carboxylic acids is 1. The molecular formula is C18H22N4OS. The third kappa shape index (κ3) is 3.64. The van der Waals surface area contributed by atoms with Gasteiger partial charge in [-0.25, -0.2) is 0 Å². The van der Waals surface area contributed by atoms with Crippen LogP contribution in [0.2, 0.25) is 0 Å². The van der Waals surface area contributed by atoms with Crippen molar-refractivity contribution in [3.63, 3.8) is 0 Å². The van der Waals surface area contributed by atoms with Crippen LogP contribution in [0.1, 0.15) is 31.2 Å². The Morgan fingerprint density at radius 1 is 1.33 bits per heavy atom. The highest BCUT2D eigenvalue weighted by Crippen LogP contribution is 2.22. The normalized spacial score (nSPS) is 14.5. The molecule has 1 aromatic heterocycles. The molecule has 5 nitrogen and oxygen atoms in total. The van der Waals surface area contributed by atoms with Crippen LogP contribution in [0, 0.1) is 4.77 Å². The van der Waals surface area contributed by atoms with E-state index in [1.165, 1.54) is 11.1 Å². The number of benzene rings is 1. The highest BCUT2D eigenvalue weighted by Gasteiger charge is 2.19. The summed E-state index contributed by atoms with van der Waals surface area (Å²) >= 11 is 5.25. The van der Waals surface area contributed by atoms with Crippen LogP contribution in [0.5, 0.6) is 0 Å². The van der Waals surface area contributed by atoms with Crippen LogP contribution < -0.4 is 0 Å². The lowest BCUT2D eigenvalue weighted by atomic mass is 9.99. The van der Waals surface area contributed by atoms with E-state index in [0.717, 1.165) is 31.6 Å². The van der Waals surface area contributed by atoms with Gasteiger partial charge in [0.25, 0.3) is 0 Å². The summed E-state index contributed by atoms with van der Waals surface area (Å²) in [5.74, 6) is 0.946. The second-order valence-electron chi connectivity index (χ2n) is 5.97. The minimum atomic E-state index is 0.0909. The smallest absolute Gasteiger partial charge is 0.242 e. The van der Waals surface area contributed by atoms with Crippen molar-refractivity contribution in [2.45, 2.75) is 32.7 Å². The van der Waals surface area contributed by atoms with Crippen molar-refractivity contribution in [2.75, 3.05) is 13.1 Å². The molecule has 0 saturated heterocycles. The molecule has 1 N–H and O–H groups in total. The van der Waals surface area contributed by atoms with Crippen LogP contribution in [0.4, 0.5) is 0 Å². The van der Waals surface area contributed by atoms with Gasteiger partial charge >= 0.3 is 0 Å². The van der Waals surface area contributed by atoms with Crippen molar-refractivity contribution in [2.24, 2.45) is 0 Å². The standard InChI is InChI=1S/C18H22N4OS/c1-2-6-16-19-20-18(24)22(16)13-17(23)21-11-9-15(10-12-21)14-7-4-3-5-8-14/h3-5,7-9H,2,6,10-13H2,1H3,(H,20,24). The van der Waals surface area contributed by atoms with E-state index < -0.39 is 0 Å². The van der Waals surface area contributed by atoms with E-state index in [4.69, 9.17) is 12.2 Å². The van der Waals surface area contributed by atoms with Gasteiger partial charge in [0.05, 0.1) is 0 Å². The minimum Gasteiger partial charge on any atom is -0.337 e. The van der Waals surface area contributed by atoms with Gasteiger partial charge in [-0.05, 0) is 36.2 Å². The zero-order valence-electron chi connectivity index (χ0n) is 13.9. The number of aryl methyl sites for hydroxylation is 1. The number of H-pyrrole nitrogens is 1. The maximum Gasteiger partial charge on any atom is 0.242 e. The molecule has 0 spiro atoms. The summed E-state index contributed by atoms with van der Waals surface area (Å²) in [5.41, 5.74) is 2.55. The maximum atomic E-state index is 12.6. The zero-order chi connectivity index (χ0) is 16.9. The third-order valence-corrected chi connectivity index (χ3v) is 4.62. The van der Waals surface area contributed by atoms with Crippen LogP contribution in [0.25, 0.3) is 5.57 Å². The number of hydrogen-bond donors (Lipinski definition) is 1. The Bertz CT molecular complexity index is 791. The van der Waals surface area contributed by atoms with Gasteiger partial charge < -0.3 is 4.90 Å². The van der Waals surface area contributed by atoms with Gasteiger partial charge in [0.1, 0.15) is 12.4 Å². The molecule has 1 aromatic carbocycles. The number of carbonyl (C=O) groups is 1. The van der Waals surface area contributed by atoms with Crippen molar-refractivity contribution >= 4 is 23.7 Å². The van der Waals surface area contributed by atoms with E-state index >= 15 is 0 Å². The third-order valence-electron chi connectivity index (χ3n) is 4.31. The fraction of sp³-hybridized carbons (Fsp3) is 0.389. The molecule has 0 aliphatic carbocycles. The first-order valence-corrected chi connectivity index (χ1v) is 8.76. The Morgan fingerprint density at radius 2 is 2.12 bits per heavy atom. The van der Waals surface area contributed by atoms with Crippen molar-refractivity contribution in [3.8, 4) is 0 Å². The second kappa shape index (κ2) is 7.57. The number of aromatic nitrogens is 3. The lowest BCUT2D eigenvalue weighted by molar-refractivity contribution is -0.131. The number of hydrogen-bond acceptors (Lipinski definition) is 3. The van der Waals surface area contributed by atoms with Gasteiger partial charge in [-0.1, -0.05) is 43.3 Å². The number of nitrogens with zero attached hydrogens (tertiary/aromatic N) is 3. The summed E-state index contributed by atoms with van der Waals surface area (Å²) in [7, 11) is 0. The Hall–Kier alpha value is -2.21. The summed E-state index contributed by atoms with van der Waals surface area (Å²) in [4.78, 5) is 14.5. The van der Waals surface area contributed by atoms with E-state index in [0.29, 0.717) is 11.3 Å². The van der Waals surface area contributed by atoms with Crippen molar-refractivity contribution in [1.29, 1.82) is 0 Å². The predicted octanol–water partition coefficient (Wildman–Crippen LogP) is 3.21. The van der Waals surface area contributed by atoms with Gasteiger partial charge in [-0.15, -0.1) is 0 Å². The molecule has 3 rings (SSSR count). The summed E-state index contributed by atoms with van der Waals surface area (Å²) in [6.45, 7) is 3.74. The Balaban J connectivity index is 1.67. The number of amides is 1. The Kier molecular flexibility index (Phi) is 5.25. The van der Waals surface area contributed by atoms with Gasteiger partial charge in [-0.3, -0.25) is 14.5 Å². The molecule has 1 aliphatic heterocycles. The SMILES string of the molecule is CCCc1n[nH]c(=S)n1CC(=O)N1CC=C(c2ccccc2)CC1. The molecular weight excluding hydrogens is 320 g/mol. The van der Waals surface area contributed by atoms with E-state index in [9.17, 15) is 4.79 Å². The quantitative estimate of drug-likeness (QED) is 0.849. The highest BCUT2D eigenvalue weighted by atomic mass is 32.1. The van der Waals surface area contributed by atoms with Crippen LogP contribution in [-0.2, 0) is 17.8 Å². The Morgan fingerprint density at radius 3 is 2.79 bits per heavy atom. The van der Waals surface area contributed by atoms with E-state index in [1.54, 1.807) is 0 Å². The molecule has 2 heterocycles. The fourth-order valence-corrected chi connectivity index (χ4v) is 3.19. The first-order valence-electron chi connectivity index (χ1n) is 8.35. The second-order valence-corrected chi connectivity index (χ2v) is 6.35. The van der Waals surface area contributed by atoms with Gasteiger partial charge in [0.15, 0.2) is 4.77 Å². The number of aromatic amines is 1. The molecule has 1 amide bonds. The first kappa shape index (κ1) is 16.6. The maximum absolute atomic E-state index is 12.6. The van der Waals surface area contributed by atoms with E-state index in [2.05, 4.69) is 35.3 Å². The minimum absolute atomic E-state index is 0.0909. The molecule has 0 bridgehead atoms. The number of nitrogens with one attached hydrogen (secondary N) is 1. The molecule has 2 aromatic rings. The van der Waals surface area contributed by atoms with Crippen LogP contribution >= 0.6 is 12.2 Å². The average Bonchev–Trinajstić information content (AvgIpc) is 2.96. The van der Waals surface area contributed by atoms with Crippen molar-refractivity contribution in [3.05, 3.63) is 52.6 Å². The van der Waals surface area contributed by atoms with Gasteiger partial charge in [-0.2, -0.15) is 5.10 Å². The lowest BCUT2D eigenvalue weighted by Gasteiger charge is -2.27. The Labute approximate surface area is 147 Å². The molecule has 0 radical (unpaired) electrons. The van der Waals surface area contributed by atoms with Gasteiger partial charge in [0, 0.05) is 19.5 Å². The fourth-order valence-electron chi connectivity index (χ4n) is 2.97. The first-order chi connectivity index (χ1) is 11.7. The summed E-state index contributed by atoms with van der Waals surface area (Å²) < 4.78 is 2.33. The largest absolute Gasteiger partial charge is 0.337 e. The molecule has 1 aliphatic rings. The van der Waals surface area contributed by atoms with E-state index in [1.807, 2.05) is 27.7 Å². The molecule has 0 unspecified atom stereocenters. The van der Waals surface area contributed by atoms with Crippen LogP contribution in [-0.4, -0.2) is 38.7 Å². The molecule has 0 saturated carbocycles. The molecule has 126 valence electrons. The van der Waals surface area contributed by atoms with Crippen molar-refractivity contribution < 1.29 is 4.79 Å². The summed E-state index contributed by atoms with van der Waals surface area (Å²) in [6, 6.07) is 10.3. The van der Waals surface area contributed by atoms with Crippen LogP contribution in [0.3, 0.4) is 0 Å². The topological polar surface area (TPSA) is 53.9 Å². The van der Waals surface area contributed by atoms with Crippen LogP contribution in [0.15, 0.2) is 36.4 Å². The lowest BCUT2D eigenvalue weighted by Crippen LogP contribution is -2.37. The zero-order valence-corrected chi connectivity index (χ0v) is 14.7.